The first-order chi connectivity index (χ1) is 11.1. The summed E-state index contributed by atoms with van der Waals surface area (Å²) in [5, 5.41) is 0.116. The third kappa shape index (κ3) is 3.04. The van der Waals surface area contributed by atoms with Crippen molar-refractivity contribution in [1.82, 2.24) is 4.72 Å². The van der Waals surface area contributed by atoms with Gasteiger partial charge in [0.15, 0.2) is 0 Å². The molecule has 0 radical (unpaired) electrons. The van der Waals surface area contributed by atoms with Crippen LogP contribution in [0.5, 0.6) is 5.75 Å². The molecule has 1 N–H and O–H groups in total. The number of rotatable bonds is 2. The van der Waals surface area contributed by atoms with Gasteiger partial charge in [0, 0.05) is 10.6 Å². The van der Waals surface area contributed by atoms with Crippen molar-refractivity contribution in [3.05, 3.63) is 47.0 Å². The van der Waals surface area contributed by atoms with Gasteiger partial charge in [-0.25, -0.2) is 13.1 Å². The van der Waals surface area contributed by atoms with Gasteiger partial charge in [0.1, 0.15) is 10.6 Å². The summed E-state index contributed by atoms with van der Waals surface area (Å²) in [4.78, 5) is 11.5. The average Bonchev–Trinajstić information content (AvgIpc) is 2.69. The van der Waals surface area contributed by atoms with Crippen LogP contribution in [0.2, 0.25) is 5.02 Å². The lowest BCUT2D eigenvalue weighted by molar-refractivity contribution is -0.274. The number of halogens is 4. The van der Waals surface area contributed by atoms with Crippen LogP contribution in [0.4, 0.5) is 13.2 Å². The summed E-state index contributed by atoms with van der Waals surface area (Å²) >= 11 is 5.99. The van der Waals surface area contributed by atoms with Crippen LogP contribution >= 0.6 is 11.6 Å². The molecule has 0 spiro atoms. The molecule has 0 saturated heterocycles. The number of nitrogens with one attached hydrogen (secondary N) is 1. The number of carbonyl (C=O) groups excluding carboxylic acids is 1. The standard InChI is InChI=1S/C14H7ClF3NO4S/c15-11-3-2-8(23-14(16,17)18)6-9(11)7-1-4-12-10(5-7)13(20)19-24(12,21)22/h1-6H,(H,19,20). The van der Waals surface area contributed by atoms with E-state index in [1.165, 1.54) is 24.3 Å². The van der Waals surface area contributed by atoms with E-state index < -0.39 is 28.0 Å². The van der Waals surface area contributed by atoms with Crippen molar-refractivity contribution in [1.29, 1.82) is 0 Å². The zero-order valence-corrected chi connectivity index (χ0v) is 13.1. The predicted octanol–water partition coefficient (Wildman–Crippen LogP) is 3.34. The molecule has 0 atom stereocenters. The molecular weight excluding hydrogens is 371 g/mol. The average molecular weight is 378 g/mol. The minimum absolute atomic E-state index is 0.106. The summed E-state index contributed by atoms with van der Waals surface area (Å²) < 4.78 is 66.0. The van der Waals surface area contributed by atoms with Crippen molar-refractivity contribution >= 4 is 27.5 Å². The first kappa shape index (κ1) is 16.6. The number of carbonyl (C=O) groups is 1. The topological polar surface area (TPSA) is 72.5 Å². The first-order valence-electron chi connectivity index (χ1n) is 6.34. The number of hydrogen-bond donors (Lipinski definition) is 1. The molecule has 126 valence electrons. The molecular formula is C14H7ClF3NO4S. The van der Waals surface area contributed by atoms with E-state index >= 15 is 0 Å². The second-order valence-electron chi connectivity index (χ2n) is 4.84. The third-order valence-corrected chi connectivity index (χ3v) is 4.94. The number of amides is 1. The second-order valence-corrected chi connectivity index (χ2v) is 6.89. The molecule has 5 nitrogen and oxygen atoms in total. The lowest BCUT2D eigenvalue weighted by Crippen LogP contribution is -2.20. The van der Waals surface area contributed by atoms with Crippen LogP contribution in [0, 0.1) is 0 Å². The van der Waals surface area contributed by atoms with Gasteiger partial charge in [-0.1, -0.05) is 17.7 Å². The molecule has 24 heavy (non-hydrogen) atoms. The maximum Gasteiger partial charge on any atom is 0.573 e. The van der Waals surface area contributed by atoms with Crippen LogP contribution in [0.15, 0.2) is 41.3 Å². The third-order valence-electron chi connectivity index (χ3n) is 3.22. The smallest absolute Gasteiger partial charge is 0.406 e. The highest BCUT2D eigenvalue weighted by Gasteiger charge is 2.33. The number of hydrogen-bond acceptors (Lipinski definition) is 4. The SMILES string of the molecule is O=C1NS(=O)(=O)c2ccc(-c3cc(OC(F)(F)F)ccc3Cl)cc21. The Morgan fingerprint density at radius 1 is 1.04 bits per heavy atom. The van der Waals surface area contributed by atoms with E-state index in [4.69, 9.17) is 11.6 Å². The van der Waals surface area contributed by atoms with E-state index in [1.54, 1.807) is 0 Å². The maximum atomic E-state index is 12.3. The first-order valence-corrected chi connectivity index (χ1v) is 8.20. The van der Waals surface area contributed by atoms with Gasteiger partial charge >= 0.3 is 6.36 Å². The molecule has 0 aliphatic carbocycles. The Morgan fingerprint density at radius 2 is 1.75 bits per heavy atom. The number of sulfonamides is 1. The number of ether oxygens (including phenoxy) is 1. The van der Waals surface area contributed by atoms with Crippen molar-refractivity contribution in [2.45, 2.75) is 11.3 Å². The van der Waals surface area contributed by atoms with Gasteiger partial charge in [-0.2, -0.15) is 0 Å². The maximum absolute atomic E-state index is 12.3. The molecule has 10 heteroatoms. The predicted molar refractivity (Wildman–Crippen MR) is 78.2 cm³/mol. The fourth-order valence-corrected chi connectivity index (χ4v) is 3.64. The highest BCUT2D eigenvalue weighted by molar-refractivity contribution is 7.90. The summed E-state index contributed by atoms with van der Waals surface area (Å²) in [7, 11) is -3.90. The summed E-state index contributed by atoms with van der Waals surface area (Å²) in [5.41, 5.74) is 0.336. The Bertz CT molecular complexity index is 957. The fourth-order valence-electron chi connectivity index (χ4n) is 2.26. The number of benzene rings is 2. The summed E-state index contributed by atoms with van der Waals surface area (Å²) in [5.74, 6) is -1.30. The summed E-state index contributed by atoms with van der Waals surface area (Å²) in [6.45, 7) is 0. The van der Waals surface area contributed by atoms with Crippen molar-refractivity contribution in [2.75, 3.05) is 0 Å². The Labute approximate surface area is 139 Å². The molecule has 0 bridgehead atoms. The largest absolute Gasteiger partial charge is 0.573 e. The van der Waals surface area contributed by atoms with E-state index in [0.717, 1.165) is 12.1 Å². The van der Waals surface area contributed by atoms with Crippen LogP contribution < -0.4 is 9.46 Å². The van der Waals surface area contributed by atoms with Gasteiger partial charge in [0.2, 0.25) is 0 Å². The molecule has 0 aromatic heterocycles. The van der Waals surface area contributed by atoms with E-state index in [2.05, 4.69) is 4.74 Å². The molecule has 0 saturated carbocycles. The Kier molecular flexibility index (Phi) is 3.72. The van der Waals surface area contributed by atoms with E-state index in [-0.39, 0.29) is 26.6 Å². The summed E-state index contributed by atoms with van der Waals surface area (Å²) in [6, 6.07) is 7.08. The van der Waals surface area contributed by atoms with Gasteiger partial charge in [-0.05, 0) is 35.9 Å². The van der Waals surface area contributed by atoms with E-state index in [9.17, 15) is 26.4 Å². The summed E-state index contributed by atoms with van der Waals surface area (Å²) in [6.07, 6.45) is -4.86. The quantitative estimate of drug-likeness (QED) is 0.871. The lowest BCUT2D eigenvalue weighted by Gasteiger charge is -2.12. The molecule has 0 unspecified atom stereocenters. The van der Waals surface area contributed by atoms with Crippen molar-refractivity contribution in [2.24, 2.45) is 0 Å². The monoisotopic (exact) mass is 377 g/mol. The zero-order chi connectivity index (χ0) is 17.7. The Morgan fingerprint density at radius 3 is 2.42 bits per heavy atom. The minimum Gasteiger partial charge on any atom is -0.406 e. The molecule has 3 rings (SSSR count). The number of fused-ring (bicyclic) bond motifs is 1. The van der Waals surface area contributed by atoms with Crippen LogP contribution in [-0.2, 0) is 10.0 Å². The molecule has 1 aliphatic heterocycles. The van der Waals surface area contributed by atoms with Crippen LogP contribution in [0.1, 0.15) is 10.4 Å². The highest BCUT2D eigenvalue weighted by atomic mass is 35.5. The molecule has 2 aromatic carbocycles. The molecule has 1 heterocycles. The van der Waals surface area contributed by atoms with Crippen molar-refractivity contribution < 1.29 is 31.1 Å². The molecule has 1 amide bonds. The van der Waals surface area contributed by atoms with Crippen LogP contribution in [0.3, 0.4) is 0 Å². The highest BCUT2D eigenvalue weighted by Crippen LogP contribution is 2.35. The van der Waals surface area contributed by atoms with Gasteiger partial charge in [-0.15, -0.1) is 13.2 Å². The van der Waals surface area contributed by atoms with Crippen molar-refractivity contribution in [3.63, 3.8) is 0 Å². The Hall–Kier alpha value is -2.26. The lowest BCUT2D eigenvalue weighted by atomic mass is 10.0. The van der Waals surface area contributed by atoms with Crippen LogP contribution in [-0.4, -0.2) is 20.7 Å². The van der Waals surface area contributed by atoms with Gasteiger partial charge in [0.25, 0.3) is 15.9 Å². The second kappa shape index (κ2) is 5.38. The van der Waals surface area contributed by atoms with Crippen LogP contribution in [0.25, 0.3) is 11.1 Å². The molecule has 2 aromatic rings. The van der Waals surface area contributed by atoms with Gasteiger partial charge in [-0.3, -0.25) is 4.79 Å². The molecule has 1 aliphatic rings. The van der Waals surface area contributed by atoms with E-state index in [1.807, 2.05) is 4.72 Å². The van der Waals surface area contributed by atoms with Gasteiger partial charge < -0.3 is 4.74 Å². The molecule has 0 fully saturated rings. The van der Waals surface area contributed by atoms with E-state index in [0.29, 0.717) is 0 Å². The van der Waals surface area contributed by atoms with Gasteiger partial charge in [0.05, 0.1) is 5.56 Å². The van der Waals surface area contributed by atoms with Crippen molar-refractivity contribution in [3.8, 4) is 16.9 Å². The zero-order valence-electron chi connectivity index (χ0n) is 11.5. The normalized spacial score (nSPS) is 15.8. The fraction of sp³-hybridized carbons (Fsp3) is 0.0714. The minimum atomic E-state index is -4.86. The Balaban J connectivity index is 2.09. The number of alkyl halides is 3.